The Balaban J connectivity index is 2.31. The summed E-state index contributed by atoms with van der Waals surface area (Å²) in [5.41, 5.74) is 0. The Hall–Kier alpha value is -0.880. The zero-order valence-corrected chi connectivity index (χ0v) is 11.2. The van der Waals surface area contributed by atoms with E-state index in [1.807, 2.05) is 11.4 Å². The van der Waals surface area contributed by atoms with E-state index in [9.17, 15) is 9.59 Å². The monoisotopic (exact) mass is 305 g/mol. The smallest absolute Gasteiger partial charge is 0.307 e. The first-order valence-corrected chi connectivity index (χ1v) is 6.49. The molecule has 1 rings (SSSR count). The maximum absolute atomic E-state index is 11.6. The van der Waals surface area contributed by atoms with Crippen LogP contribution in [0.1, 0.15) is 23.0 Å². The van der Waals surface area contributed by atoms with Crippen LogP contribution in [-0.4, -0.2) is 25.0 Å². The van der Waals surface area contributed by atoms with Crippen molar-refractivity contribution in [2.24, 2.45) is 0 Å². The molecule has 4 nitrogen and oxygen atoms in total. The summed E-state index contributed by atoms with van der Waals surface area (Å²) in [5.74, 6) is -0.473. The van der Waals surface area contributed by atoms with E-state index in [1.54, 1.807) is 6.92 Å². The predicted molar refractivity (Wildman–Crippen MR) is 65.6 cm³/mol. The second kappa shape index (κ2) is 6.65. The maximum atomic E-state index is 11.6. The van der Waals surface area contributed by atoms with Crippen LogP contribution in [0.5, 0.6) is 0 Å². The largest absolute Gasteiger partial charge is 0.466 e. The van der Waals surface area contributed by atoms with Crippen molar-refractivity contribution >= 4 is 39.1 Å². The van der Waals surface area contributed by atoms with Crippen LogP contribution in [0.15, 0.2) is 15.9 Å². The molecule has 0 saturated carbocycles. The number of carbonyl (C=O) groups excluding carboxylic acids is 2. The molecule has 0 saturated heterocycles. The summed E-state index contributed by atoms with van der Waals surface area (Å²) < 4.78 is 5.51. The molecule has 88 valence electrons. The SMILES string of the molecule is CCOC(=O)CCNC(=O)c1sccc1Br. The van der Waals surface area contributed by atoms with Gasteiger partial charge >= 0.3 is 5.97 Å². The van der Waals surface area contributed by atoms with Gasteiger partial charge in [0.2, 0.25) is 0 Å². The molecule has 0 aliphatic heterocycles. The van der Waals surface area contributed by atoms with Crippen molar-refractivity contribution in [3.8, 4) is 0 Å². The Labute approximate surface area is 106 Å². The summed E-state index contributed by atoms with van der Waals surface area (Å²) in [6.07, 6.45) is 0.197. The van der Waals surface area contributed by atoms with E-state index in [-0.39, 0.29) is 18.3 Å². The first kappa shape index (κ1) is 13.2. The standard InChI is InChI=1S/C10H12BrNO3S/c1-2-15-8(13)3-5-12-10(14)9-7(11)4-6-16-9/h4,6H,2-3,5H2,1H3,(H,12,14). The Morgan fingerprint density at radius 1 is 1.56 bits per heavy atom. The number of hydrogen-bond donors (Lipinski definition) is 1. The second-order valence-corrected chi connectivity index (χ2v) is 4.68. The summed E-state index contributed by atoms with van der Waals surface area (Å²) >= 11 is 4.62. The lowest BCUT2D eigenvalue weighted by Gasteiger charge is -2.03. The van der Waals surface area contributed by atoms with E-state index in [1.165, 1.54) is 11.3 Å². The molecule has 0 aliphatic rings. The van der Waals surface area contributed by atoms with Crippen molar-refractivity contribution in [1.29, 1.82) is 0 Å². The van der Waals surface area contributed by atoms with Crippen molar-refractivity contribution in [2.75, 3.05) is 13.2 Å². The van der Waals surface area contributed by atoms with Gasteiger partial charge in [0, 0.05) is 11.0 Å². The van der Waals surface area contributed by atoms with Crippen LogP contribution < -0.4 is 5.32 Å². The molecule has 1 N–H and O–H groups in total. The quantitative estimate of drug-likeness (QED) is 0.849. The van der Waals surface area contributed by atoms with Crippen LogP contribution >= 0.6 is 27.3 Å². The molecule has 0 aliphatic carbocycles. The maximum Gasteiger partial charge on any atom is 0.307 e. The summed E-state index contributed by atoms with van der Waals surface area (Å²) in [5, 5.41) is 4.48. The second-order valence-electron chi connectivity index (χ2n) is 2.91. The van der Waals surface area contributed by atoms with Crippen LogP contribution in [0.4, 0.5) is 0 Å². The van der Waals surface area contributed by atoms with Crippen molar-refractivity contribution in [1.82, 2.24) is 5.32 Å². The van der Waals surface area contributed by atoms with Crippen molar-refractivity contribution in [2.45, 2.75) is 13.3 Å². The van der Waals surface area contributed by atoms with Crippen molar-refractivity contribution < 1.29 is 14.3 Å². The van der Waals surface area contributed by atoms with E-state index < -0.39 is 0 Å². The Bertz CT molecular complexity index is 378. The lowest BCUT2D eigenvalue weighted by atomic mass is 10.4. The predicted octanol–water partition coefficient (Wildman–Crippen LogP) is 2.19. The number of amides is 1. The Morgan fingerprint density at radius 3 is 2.88 bits per heavy atom. The van der Waals surface area contributed by atoms with Gasteiger partial charge < -0.3 is 10.1 Å². The van der Waals surface area contributed by atoms with Gasteiger partial charge in [-0.15, -0.1) is 11.3 Å². The van der Waals surface area contributed by atoms with Gasteiger partial charge in [0.1, 0.15) is 4.88 Å². The molecule has 6 heteroatoms. The zero-order valence-electron chi connectivity index (χ0n) is 8.79. The zero-order chi connectivity index (χ0) is 12.0. The van der Waals surface area contributed by atoms with Crippen molar-refractivity contribution in [3.05, 3.63) is 20.8 Å². The molecule has 0 atom stereocenters. The first-order valence-electron chi connectivity index (χ1n) is 4.82. The van der Waals surface area contributed by atoms with Gasteiger partial charge in [-0.3, -0.25) is 9.59 Å². The molecule has 0 fully saturated rings. The number of halogens is 1. The minimum absolute atomic E-state index is 0.175. The Kier molecular flexibility index (Phi) is 5.48. The van der Waals surface area contributed by atoms with Gasteiger partial charge in [-0.05, 0) is 34.3 Å². The average molecular weight is 306 g/mol. The number of ether oxygens (including phenoxy) is 1. The number of thiophene rings is 1. The minimum atomic E-state index is -0.298. The van der Waals surface area contributed by atoms with Crippen LogP contribution in [0.3, 0.4) is 0 Å². The molecule has 1 amide bonds. The normalized spacial score (nSPS) is 9.88. The molecular weight excluding hydrogens is 294 g/mol. The lowest BCUT2D eigenvalue weighted by molar-refractivity contribution is -0.142. The molecule has 0 unspecified atom stereocenters. The van der Waals surface area contributed by atoms with Gasteiger partial charge in [-0.25, -0.2) is 0 Å². The number of esters is 1. The molecule has 0 bridgehead atoms. The molecule has 1 aromatic heterocycles. The van der Waals surface area contributed by atoms with Gasteiger partial charge in [0.05, 0.1) is 13.0 Å². The minimum Gasteiger partial charge on any atom is -0.466 e. The molecule has 1 aromatic rings. The third-order valence-corrected chi connectivity index (χ3v) is 3.58. The fourth-order valence-corrected chi connectivity index (χ4v) is 2.51. The molecule has 16 heavy (non-hydrogen) atoms. The van der Waals surface area contributed by atoms with Crippen LogP contribution in [-0.2, 0) is 9.53 Å². The fraction of sp³-hybridized carbons (Fsp3) is 0.400. The molecule has 1 heterocycles. The number of hydrogen-bond acceptors (Lipinski definition) is 4. The van der Waals surface area contributed by atoms with Crippen LogP contribution in [0.2, 0.25) is 0 Å². The lowest BCUT2D eigenvalue weighted by Crippen LogP contribution is -2.26. The number of carbonyl (C=O) groups is 2. The van der Waals surface area contributed by atoms with Crippen LogP contribution in [0, 0.1) is 0 Å². The van der Waals surface area contributed by atoms with Crippen LogP contribution in [0.25, 0.3) is 0 Å². The van der Waals surface area contributed by atoms with E-state index in [4.69, 9.17) is 4.74 Å². The fourth-order valence-electron chi connectivity index (χ4n) is 1.05. The van der Waals surface area contributed by atoms with E-state index >= 15 is 0 Å². The van der Waals surface area contributed by atoms with Gasteiger partial charge in [0.25, 0.3) is 5.91 Å². The summed E-state index contributed by atoms with van der Waals surface area (Å²) in [6, 6.07) is 1.81. The highest BCUT2D eigenvalue weighted by molar-refractivity contribution is 9.10. The summed E-state index contributed by atoms with van der Waals surface area (Å²) in [7, 11) is 0. The third-order valence-electron chi connectivity index (χ3n) is 1.74. The van der Waals surface area contributed by atoms with Crippen molar-refractivity contribution in [3.63, 3.8) is 0 Å². The molecule has 0 spiro atoms. The molecule has 0 radical (unpaired) electrons. The molecular formula is C10H12BrNO3S. The average Bonchev–Trinajstić information content (AvgIpc) is 2.64. The molecule has 0 aromatic carbocycles. The summed E-state index contributed by atoms with van der Waals surface area (Å²) in [6.45, 7) is 2.41. The highest BCUT2D eigenvalue weighted by Crippen LogP contribution is 2.22. The first-order chi connectivity index (χ1) is 7.65. The highest BCUT2D eigenvalue weighted by atomic mass is 79.9. The number of rotatable bonds is 5. The van der Waals surface area contributed by atoms with Gasteiger partial charge in [0.15, 0.2) is 0 Å². The van der Waals surface area contributed by atoms with E-state index in [0.29, 0.717) is 18.0 Å². The highest BCUT2D eigenvalue weighted by Gasteiger charge is 2.11. The topological polar surface area (TPSA) is 55.4 Å². The van der Waals surface area contributed by atoms with Gasteiger partial charge in [-0.1, -0.05) is 0 Å². The third kappa shape index (κ3) is 3.94. The van der Waals surface area contributed by atoms with E-state index in [2.05, 4.69) is 21.2 Å². The summed E-state index contributed by atoms with van der Waals surface area (Å²) in [4.78, 5) is 23.2. The Morgan fingerprint density at radius 2 is 2.31 bits per heavy atom. The number of nitrogens with one attached hydrogen (secondary N) is 1. The van der Waals surface area contributed by atoms with Gasteiger partial charge in [-0.2, -0.15) is 0 Å². The van der Waals surface area contributed by atoms with E-state index in [0.717, 1.165) is 4.47 Å².